The first-order chi connectivity index (χ1) is 13.2. The first-order valence-electron chi connectivity index (χ1n) is 10.2. The maximum atomic E-state index is 2.69. The van der Waals surface area contributed by atoms with Crippen LogP contribution in [-0.4, -0.2) is 16.0 Å². The Labute approximate surface area is 163 Å². The van der Waals surface area contributed by atoms with Crippen LogP contribution in [0.15, 0.2) is 60.8 Å². The van der Waals surface area contributed by atoms with Gasteiger partial charge in [0.2, 0.25) is 0 Å². The smallest absolute Gasteiger partial charge is 0.0761 e. The van der Waals surface area contributed by atoms with Crippen molar-refractivity contribution >= 4 is 0 Å². The first kappa shape index (κ1) is 18.1. The molecule has 27 heavy (non-hydrogen) atoms. The molecule has 4 rings (SSSR count). The van der Waals surface area contributed by atoms with Gasteiger partial charge in [0.05, 0.1) is 6.04 Å². The molecule has 2 heteroatoms. The number of hydrogen-bond acceptors (Lipinski definition) is 1. The summed E-state index contributed by atoms with van der Waals surface area (Å²) in [4.78, 5) is 2.69. The van der Waals surface area contributed by atoms with Crippen LogP contribution in [0.2, 0.25) is 0 Å². The summed E-state index contributed by atoms with van der Waals surface area (Å²) in [6.07, 6.45) is 4.53. The third-order valence-corrected chi connectivity index (χ3v) is 5.95. The minimum Gasteiger partial charge on any atom is -0.350 e. The van der Waals surface area contributed by atoms with Crippen molar-refractivity contribution in [1.29, 1.82) is 0 Å². The van der Waals surface area contributed by atoms with Gasteiger partial charge in [0.15, 0.2) is 0 Å². The molecule has 1 aliphatic heterocycles. The summed E-state index contributed by atoms with van der Waals surface area (Å²) in [5, 5.41) is 0. The van der Waals surface area contributed by atoms with E-state index in [2.05, 4.69) is 91.0 Å². The topological polar surface area (TPSA) is 8.17 Å². The zero-order chi connectivity index (χ0) is 18.8. The summed E-state index contributed by atoms with van der Waals surface area (Å²) >= 11 is 0. The Morgan fingerprint density at radius 1 is 0.926 bits per heavy atom. The summed E-state index contributed by atoms with van der Waals surface area (Å²) in [6.45, 7) is 9.94. The molecule has 1 atom stereocenters. The van der Waals surface area contributed by atoms with Crippen LogP contribution in [0, 0.1) is 13.8 Å². The average Bonchev–Trinajstić information content (AvgIpc) is 3.05. The number of rotatable bonds is 4. The lowest BCUT2D eigenvalue weighted by atomic mass is 9.94. The van der Waals surface area contributed by atoms with E-state index in [-0.39, 0.29) is 0 Å². The summed E-state index contributed by atoms with van der Waals surface area (Å²) < 4.78 is 2.45. The van der Waals surface area contributed by atoms with Crippen molar-refractivity contribution in [3.8, 4) is 0 Å². The van der Waals surface area contributed by atoms with E-state index in [9.17, 15) is 0 Å². The van der Waals surface area contributed by atoms with Crippen LogP contribution in [0.1, 0.15) is 52.9 Å². The Morgan fingerprint density at radius 3 is 2.52 bits per heavy atom. The van der Waals surface area contributed by atoms with E-state index in [1.54, 1.807) is 0 Å². The highest BCUT2D eigenvalue weighted by Crippen LogP contribution is 2.35. The Balaban J connectivity index is 1.78. The average molecular weight is 359 g/mol. The van der Waals surface area contributed by atoms with Crippen LogP contribution in [0.5, 0.6) is 0 Å². The molecule has 0 radical (unpaired) electrons. The molecule has 0 bridgehead atoms. The molecule has 1 aliphatic rings. The molecule has 0 saturated carbocycles. The van der Waals surface area contributed by atoms with Crippen LogP contribution in [0.25, 0.3) is 0 Å². The van der Waals surface area contributed by atoms with Crippen LogP contribution >= 0.6 is 0 Å². The number of hydrogen-bond donors (Lipinski definition) is 0. The second kappa shape index (κ2) is 7.74. The van der Waals surface area contributed by atoms with E-state index < -0.39 is 0 Å². The molecule has 140 valence electrons. The van der Waals surface area contributed by atoms with E-state index in [0.717, 1.165) is 26.1 Å². The van der Waals surface area contributed by atoms with Crippen molar-refractivity contribution in [2.45, 2.75) is 52.7 Å². The highest BCUT2D eigenvalue weighted by Gasteiger charge is 2.28. The predicted octanol–water partition coefficient (Wildman–Crippen LogP) is 5.66. The molecule has 2 nitrogen and oxygen atoms in total. The van der Waals surface area contributed by atoms with Gasteiger partial charge < -0.3 is 4.57 Å². The molecule has 1 aromatic heterocycles. The van der Waals surface area contributed by atoms with Crippen molar-refractivity contribution in [2.75, 3.05) is 6.54 Å². The number of nitrogens with zero attached hydrogens (tertiary/aromatic N) is 2. The summed E-state index contributed by atoms with van der Waals surface area (Å²) in [6, 6.07) is 20.7. The Hall–Kier alpha value is -2.32. The molecule has 2 heterocycles. The summed E-state index contributed by atoms with van der Waals surface area (Å²) in [5.41, 5.74) is 8.53. The molecule has 0 spiro atoms. The third-order valence-electron chi connectivity index (χ3n) is 5.95. The normalized spacial score (nSPS) is 17.5. The van der Waals surface area contributed by atoms with Crippen molar-refractivity contribution in [1.82, 2.24) is 9.47 Å². The summed E-state index contributed by atoms with van der Waals surface area (Å²) in [5.74, 6) is 0. The Kier molecular flexibility index (Phi) is 5.18. The van der Waals surface area contributed by atoms with E-state index in [0.29, 0.717) is 6.04 Å². The zero-order valence-electron chi connectivity index (χ0n) is 16.8. The van der Waals surface area contributed by atoms with Gasteiger partial charge in [-0.2, -0.15) is 0 Å². The number of aromatic nitrogens is 1. The summed E-state index contributed by atoms with van der Waals surface area (Å²) in [7, 11) is 0. The van der Waals surface area contributed by atoms with Gasteiger partial charge in [-0.15, -0.1) is 0 Å². The van der Waals surface area contributed by atoms with Gasteiger partial charge in [-0.05, 0) is 61.1 Å². The van der Waals surface area contributed by atoms with Gasteiger partial charge in [0, 0.05) is 31.5 Å². The molecule has 3 aromatic rings. The zero-order valence-corrected chi connectivity index (χ0v) is 16.8. The second-order valence-electron chi connectivity index (χ2n) is 7.84. The van der Waals surface area contributed by atoms with Gasteiger partial charge in [0.25, 0.3) is 0 Å². The molecule has 0 fully saturated rings. The molecular formula is C25H30N2. The SMILES string of the molecule is CCc1ccccc1CN1CCCn2cccc2C1c1ccc(C)cc1C. The predicted molar refractivity (Wildman–Crippen MR) is 113 cm³/mol. The van der Waals surface area contributed by atoms with E-state index in [1.807, 2.05) is 0 Å². The number of aryl methyl sites for hydroxylation is 4. The van der Waals surface area contributed by atoms with Crippen molar-refractivity contribution in [3.63, 3.8) is 0 Å². The molecule has 0 amide bonds. The lowest BCUT2D eigenvalue weighted by Gasteiger charge is -2.32. The minimum absolute atomic E-state index is 0.313. The third kappa shape index (κ3) is 3.59. The molecule has 0 aliphatic carbocycles. The Morgan fingerprint density at radius 2 is 1.74 bits per heavy atom. The van der Waals surface area contributed by atoms with Crippen LogP contribution in [-0.2, 0) is 19.5 Å². The van der Waals surface area contributed by atoms with Crippen LogP contribution in [0.3, 0.4) is 0 Å². The van der Waals surface area contributed by atoms with Gasteiger partial charge in [0.1, 0.15) is 0 Å². The number of fused-ring (bicyclic) bond motifs is 1. The number of benzene rings is 2. The maximum Gasteiger partial charge on any atom is 0.0761 e. The van der Waals surface area contributed by atoms with Crippen molar-refractivity contribution in [2.24, 2.45) is 0 Å². The lowest BCUT2D eigenvalue weighted by molar-refractivity contribution is 0.219. The van der Waals surface area contributed by atoms with Crippen molar-refractivity contribution < 1.29 is 0 Å². The Bertz CT molecular complexity index is 922. The highest BCUT2D eigenvalue weighted by atomic mass is 15.2. The maximum absolute atomic E-state index is 2.69. The largest absolute Gasteiger partial charge is 0.350 e. The van der Waals surface area contributed by atoms with E-state index in [4.69, 9.17) is 0 Å². The fraction of sp³-hybridized carbons (Fsp3) is 0.360. The standard InChI is InChI=1S/C25H30N2/c1-4-21-9-5-6-10-22(21)18-27-16-8-15-26-14-7-11-24(26)25(27)23-13-12-19(2)17-20(23)3/h5-7,9-14,17,25H,4,8,15-16,18H2,1-3H3. The fourth-order valence-electron chi connectivity index (χ4n) is 4.57. The molecular weight excluding hydrogens is 328 g/mol. The van der Waals surface area contributed by atoms with Crippen LogP contribution in [0.4, 0.5) is 0 Å². The molecule has 0 N–H and O–H groups in total. The monoisotopic (exact) mass is 358 g/mol. The van der Waals surface area contributed by atoms with Gasteiger partial charge in [-0.3, -0.25) is 4.90 Å². The van der Waals surface area contributed by atoms with E-state index >= 15 is 0 Å². The molecule has 2 aromatic carbocycles. The quantitative estimate of drug-likeness (QED) is 0.584. The molecule has 1 unspecified atom stereocenters. The first-order valence-corrected chi connectivity index (χ1v) is 10.2. The second-order valence-corrected chi connectivity index (χ2v) is 7.84. The highest BCUT2D eigenvalue weighted by molar-refractivity contribution is 5.38. The van der Waals surface area contributed by atoms with E-state index in [1.165, 1.54) is 39.9 Å². The van der Waals surface area contributed by atoms with Gasteiger partial charge in [-0.1, -0.05) is 55.0 Å². The minimum atomic E-state index is 0.313. The van der Waals surface area contributed by atoms with Gasteiger partial charge >= 0.3 is 0 Å². The van der Waals surface area contributed by atoms with Crippen molar-refractivity contribution in [3.05, 3.63) is 94.3 Å². The molecule has 0 saturated heterocycles. The van der Waals surface area contributed by atoms with Crippen LogP contribution < -0.4 is 0 Å². The van der Waals surface area contributed by atoms with Gasteiger partial charge in [-0.25, -0.2) is 0 Å². The lowest BCUT2D eigenvalue weighted by Crippen LogP contribution is -2.30. The fourth-order valence-corrected chi connectivity index (χ4v) is 4.57.